The Balaban J connectivity index is 0.00000100. The highest BCUT2D eigenvalue weighted by Gasteiger charge is 2.55. The molecule has 2 nitrogen and oxygen atoms in total. The molecular formula is C22H32O2. The van der Waals surface area contributed by atoms with Gasteiger partial charge in [0.2, 0.25) is 0 Å². The number of aliphatic hydroxyl groups excluding tert-OH is 2. The summed E-state index contributed by atoms with van der Waals surface area (Å²) in [5, 5.41) is 20.5. The van der Waals surface area contributed by atoms with Crippen LogP contribution in [0.2, 0.25) is 0 Å². The van der Waals surface area contributed by atoms with Gasteiger partial charge in [0.1, 0.15) is 5.76 Å². The molecule has 0 aromatic carbocycles. The summed E-state index contributed by atoms with van der Waals surface area (Å²) in [7, 11) is 0. The lowest BCUT2D eigenvalue weighted by atomic mass is 9.47. The standard InChI is InChI=1S/C20H26O2.C2H6/c1-5-8-20-10-6-15-14(3)16(21)7-9-19(15,4)18(20)11-13(2)17(22)12-20;1-2/h11-12,14-16,21-22H,2,6-7,9-10H2,1,3-4H3;1-2H3. The average Bonchev–Trinajstić information content (AvgIpc) is 2.56. The SMILES string of the molecule is C=C1C=C2C(C#CC)(C=C1O)CCC1C(C)C(O)CCC21C.CC. The molecule has 0 heterocycles. The van der Waals surface area contributed by atoms with E-state index in [1.165, 1.54) is 5.57 Å². The molecule has 24 heavy (non-hydrogen) atoms. The van der Waals surface area contributed by atoms with Crippen LogP contribution in [0, 0.1) is 34.5 Å². The Kier molecular flexibility index (Phi) is 5.35. The normalized spacial score (nSPS) is 40.6. The molecule has 3 aliphatic carbocycles. The second-order valence-corrected chi connectivity index (χ2v) is 7.49. The van der Waals surface area contributed by atoms with Crippen molar-refractivity contribution >= 4 is 0 Å². The molecule has 2 fully saturated rings. The van der Waals surface area contributed by atoms with E-state index in [9.17, 15) is 10.2 Å². The van der Waals surface area contributed by atoms with Gasteiger partial charge in [-0.15, -0.1) is 5.92 Å². The Hall–Kier alpha value is -1.46. The van der Waals surface area contributed by atoms with Crippen molar-refractivity contribution in [3.05, 3.63) is 35.6 Å². The van der Waals surface area contributed by atoms with Crippen LogP contribution in [0.3, 0.4) is 0 Å². The van der Waals surface area contributed by atoms with Gasteiger partial charge in [0.25, 0.3) is 0 Å². The van der Waals surface area contributed by atoms with Gasteiger partial charge in [-0.1, -0.05) is 46.3 Å². The predicted octanol–water partition coefficient (Wildman–Crippen LogP) is 5.17. The van der Waals surface area contributed by atoms with Crippen molar-refractivity contribution in [3.8, 4) is 11.8 Å². The molecule has 0 aliphatic heterocycles. The first-order valence-corrected chi connectivity index (χ1v) is 9.30. The zero-order chi connectivity index (χ0) is 18.1. The Morgan fingerprint density at radius 1 is 1.25 bits per heavy atom. The summed E-state index contributed by atoms with van der Waals surface area (Å²) in [5.41, 5.74) is 1.66. The Labute approximate surface area is 147 Å². The predicted molar refractivity (Wildman–Crippen MR) is 100 cm³/mol. The third kappa shape index (κ3) is 2.74. The van der Waals surface area contributed by atoms with Gasteiger partial charge in [0, 0.05) is 5.57 Å². The first kappa shape index (κ1) is 18.9. The van der Waals surface area contributed by atoms with Gasteiger partial charge in [0.15, 0.2) is 0 Å². The molecule has 0 amide bonds. The summed E-state index contributed by atoms with van der Waals surface area (Å²) < 4.78 is 0. The molecule has 2 saturated carbocycles. The van der Waals surface area contributed by atoms with Crippen molar-refractivity contribution in [3.63, 3.8) is 0 Å². The Bertz CT molecular complexity index is 630. The van der Waals surface area contributed by atoms with Crippen LogP contribution in [0.4, 0.5) is 0 Å². The van der Waals surface area contributed by atoms with Gasteiger partial charge in [0.05, 0.1) is 11.5 Å². The number of aliphatic hydroxyl groups is 2. The summed E-state index contributed by atoms with van der Waals surface area (Å²) >= 11 is 0. The molecule has 2 heteroatoms. The molecule has 3 aliphatic rings. The minimum absolute atomic E-state index is 0.0287. The van der Waals surface area contributed by atoms with E-state index < -0.39 is 0 Å². The first-order valence-electron chi connectivity index (χ1n) is 9.30. The zero-order valence-electron chi connectivity index (χ0n) is 15.8. The Morgan fingerprint density at radius 2 is 1.92 bits per heavy atom. The highest BCUT2D eigenvalue weighted by Crippen LogP contribution is 2.62. The minimum atomic E-state index is -0.354. The van der Waals surface area contributed by atoms with E-state index in [0.29, 0.717) is 17.4 Å². The molecule has 132 valence electrons. The molecule has 0 aromatic rings. The molecule has 0 spiro atoms. The van der Waals surface area contributed by atoms with E-state index in [1.54, 1.807) is 0 Å². The summed E-state index contributed by atoms with van der Waals surface area (Å²) in [4.78, 5) is 0. The van der Waals surface area contributed by atoms with Crippen LogP contribution >= 0.6 is 0 Å². The summed E-state index contributed by atoms with van der Waals surface area (Å²) in [6.45, 7) is 14.3. The fourth-order valence-electron chi connectivity index (χ4n) is 5.09. The smallest absolute Gasteiger partial charge is 0.120 e. The van der Waals surface area contributed by atoms with Crippen molar-refractivity contribution in [2.24, 2.45) is 22.7 Å². The van der Waals surface area contributed by atoms with Gasteiger partial charge in [-0.25, -0.2) is 0 Å². The maximum atomic E-state index is 10.3. The average molecular weight is 328 g/mol. The van der Waals surface area contributed by atoms with Crippen molar-refractivity contribution in [1.29, 1.82) is 0 Å². The second-order valence-electron chi connectivity index (χ2n) is 7.49. The van der Waals surface area contributed by atoms with Crippen LogP contribution < -0.4 is 0 Å². The van der Waals surface area contributed by atoms with E-state index in [4.69, 9.17) is 0 Å². The van der Waals surface area contributed by atoms with Crippen LogP contribution in [-0.4, -0.2) is 16.3 Å². The van der Waals surface area contributed by atoms with Gasteiger partial charge >= 0.3 is 0 Å². The summed E-state index contributed by atoms with van der Waals surface area (Å²) in [6.07, 6.45) is 7.55. The van der Waals surface area contributed by atoms with Gasteiger partial charge in [-0.3, -0.25) is 0 Å². The largest absolute Gasteiger partial charge is 0.508 e. The van der Waals surface area contributed by atoms with E-state index in [0.717, 1.165) is 25.7 Å². The summed E-state index contributed by atoms with van der Waals surface area (Å²) in [5.74, 6) is 7.48. The summed E-state index contributed by atoms with van der Waals surface area (Å²) in [6, 6.07) is 0. The number of hydrogen-bond donors (Lipinski definition) is 2. The molecule has 0 aromatic heterocycles. The monoisotopic (exact) mass is 328 g/mol. The molecule has 5 unspecified atom stereocenters. The van der Waals surface area contributed by atoms with Crippen LogP contribution in [0.25, 0.3) is 0 Å². The van der Waals surface area contributed by atoms with Crippen molar-refractivity contribution < 1.29 is 10.2 Å². The lowest BCUT2D eigenvalue weighted by Crippen LogP contribution is -2.51. The van der Waals surface area contributed by atoms with Crippen LogP contribution in [0.5, 0.6) is 0 Å². The van der Waals surface area contributed by atoms with E-state index in [2.05, 4.69) is 38.3 Å². The van der Waals surface area contributed by atoms with E-state index in [1.807, 2.05) is 26.8 Å². The highest BCUT2D eigenvalue weighted by molar-refractivity contribution is 5.53. The topological polar surface area (TPSA) is 40.5 Å². The lowest BCUT2D eigenvalue weighted by molar-refractivity contribution is -0.0406. The van der Waals surface area contributed by atoms with Gasteiger partial charge in [-0.05, 0) is 61.5 Å². The number of allylic oxidation sites excluding steroid dienone is 3. The number of rotatable bonds is 0. The fraction of sp³-hybridized carbons (Fsp3) is 0.636. The quantitative estimate of drug-likeness (QED) is 0.602. The van der Waals surface area contributed by atoms with Crippen molar-refractivity contribution in [2.45, 2.75) is 66.4 Å². The molecule has 0 radical (unpaired) electrons. The van der Waals surface area contributed by atoms with Crippen LogP contribution in [0.15, 0.2) is 35.6 Å². The lowest BCUT2D eigenvalue weighted by Gasteiger charge is -2.57. The maximum absolute atomic E-state index is 10.3. The fourth-order valence-corrected chi connectivity index (χ4v) is 5.09. The molecule has 2 N–H and O–H groups in total. The molecule has 3 rings (SSSR count). The third-order valence-corrected chi connectivity index (χ3v) is 6.34. The van der Waals surface area contributed by atoms with Gasteiger partial charge in [-0.2, -0.15) is 0 Å². The first-order chi connectivity index (χ1) is 11.3. The third-order valence-electron chi connectivity index (χ3n) is 6.34. The number of fused-ring (bicyclic) bond motifs is 3. The zero-order valence-corrected chi connectivity index (χ0v) is 15.8. The minimum Gasteiger partial charge on any atom is -0.508 e. The van der Waals surface area contributed by atoms with Crippen molar-refractivity contribution in [1.82, 2.24) is 0 Å². The molecular weight excluding hydrogens is 296 g/mol. The number of hydrogen-bond acceptors (Lipinski definition) is 2. The molecule has 0 bridgehead atoms. The highest BCUT2D eigenvalue weighted by atomic mass is 16.3. The second kappa shape index (κ2) is 6.81. The van der Waals surface area contributed by atoms with Crippen LogP contribution in [0.1, 0.15) is 60.3 Å². The Morgan fingerprint density at radius 3 is 2.54 bits per heavy atom. The molecule has 5 atom stereocenters. The maximum Gasteiger partial charge on any atom is 0.120 e. The molecule has 0 saturated heterocycles. The van der Waals surface area contributed by atoms with Crippen LogP contribution in [-0.2, 0) is 0 Å². The van der Waals surface area contributed by atoms with Crippen molar-refractivity contribution in [2.75, 3.05) is 0 Å². The van der Waals surface area contributed by atoms with E-state index >= 15 is 0 Å². The van der Waals surface area contributed by atoms with Gasteiger partial charge < -0.3 is 10.2 Å². The van der Waals surface area contributed by atoms with E-state index in [-0.39, 0.29) is 22.7 Å².